The Morgan fingerprint density at radius 2 is 1.56 bits per heavy atom. The maximum Gasteiger partial charge on any atom is 0.160 e. The van der Waals surface area contributed by atoms with E-state index in [9.17, 15) is 20.0 Å². The van der Waals surface area contributed by atoms with Gasteiger partial charge in [0.2, 0.25) is 0 Å². The van der Waals surface area contributed by atoms with E-state index in [4.69, 9.17) is 0 Å². The van der Waals surface area contributed by atoms with Crippen molar-refractivity contribution in [2.45, 2.75) is 44.9 Å². The van der Waals surface area contributed by atoms with Crippen LogP contribution in [-0.4, -0.2) is 16.8 Å². The smallest absolute Gasteiger partial charge is 0.160 e. The number of hydrogen-bond acceptors (Lipinski definition) is 6. The van der Waals surface area contributed by atoms with Crippen LogP contribution in [0.5, 0.6) is 0 Å². The van der Waals surface area contributed by atoms with Gasteiger partial charge in [-0.1, -0.05) is 6.07 Å². The SMILES string of the molecule is O=C1CCCC2=C1CC1=C(CCCC1=O)N2c1cccc(N([O-])O)c1. The first-order valence-electron chi connectivity index (χ1n) is 8.63. The molecule has 1 aromatic carbocycles. The van der Waals surface area contributed by atoms with Crippen molar-refractivity contribution in [2.75, 3.05) is 10.1 Å². The van der Waals surface area contributed by atoms with E-state index in [0.29, 0.717) is 24.9 Å². The molecule has 0 atom stereocenters. The highest BCUT2D eigenvalue weighted by Gasteiger charge is 2.36. The van der Waals surface area contributed by atoms with Gasteiger partial charge in [0.1, 0.15) is 0 Å². The second-order valence-electron chi connectivity index (χ2n) is 6.71. The molecule has 1 aromatic rings. The molecule has 0 aromatic heterocycles. The highest BCUT2D eigenvalue weighted by atomic mass is 16.8. The third-order valence-corrected chi connectivity index (χ3v) is 5.21. The fourth-order valence-electron chi connectivity index (χ4n) is 4.06. The van der Waals surface area contributed by atoms with Crippen molar-refractivity contribution in [3.05, 3.63) is 52.0 Å². The molecule has 25 heavy (non-hydrogen) atoms. The monoisotopic (exact) mass is 339 g/mol. The number of Topliss-reactive ketones (excluding diaryl/α,β-unsaturated/α-hetero) is 2. The van der Waals surface area contributed by atoms with Crippen molar-refractivity contribution in [1.29, 1.82) is 0 Å². The minimum Gasteiger partial charge on any atom is -0.733 e. The average molecular weight is 339 g/mol. The lowest BCUT2D eigenvalue weighted by Crippen LogP contribution is -2.35. The molecule has 130 valence electrons. The molecular weight excluding hydrogens is 320 g/mol. The van der Waals surface area contributed by atoms with Crippen LogP contribution >= 0.6 is 0 Å². The van der Waals surface area contributed by atoms with Gasteiger partial charge in [0, 0.05) is 47.5 Å². The van der Waals surface area contributed by atoms with Gasteiger partial charge in [0.25, 0.3) is 0 Å². The number of carbonyl (C=O) groups is 2. The van der Waals surface area contributed by atoms with Gasteiger partial charge >= 0.3 is 0 Å². The molecule has 1 aliphatic heterocycles. The fraction of sp³-hybridized carbons (Fsp3) is 0.368. The Morgan fingerprint density at radius 3 is 2.12 bits per heavy atom. The van der Waals surface area contributed by atoms with E-state index in [1.165, 1.54) is 6.07 Å². The number of rotatable bonds is 2. The fourth-order valence-corrected chi connectivity index (χ4v) is 4.06. The van der Waals surface area contributed by atoms with Crippen molar-refractivity contribution in [3.63, 3.8) is 0 Å². The molecule has 3 aliphatic rings. The number of nitrogens with zero attached hydrogens (tertiary/aromatic N) is 2. The molecule has 0 amide bonds. The summed E-state index contributed by atoms with van der Waals surface area (Å²) in [6.45, 7) is 0. The van der Waals surface area contributed by atoms with Crippen LogP contribution in [0.25, 0.3) is 0 Å². The van der Waals surface area contributed by atoms with E-state index in [1.807, 2.05) is 11.0 Å². The van der Waals surface area contributed by atoms with Crippen molar-refractivity contribution in [2.24, 2.45) is 0 Å². The van der Waals surface area contributed by atoms with Crippen LogP contribution in [0, 0.1) is 5.21 Å². The van der Waals surface area contributed by atoms with Crippen molar-refractivity contribution in [1.82, 2.24) is 0 Å². The first-order chi connectivity index (χ1) is 12.1. The summed E-state index contributed by atoms with van der Waals surface area (Å²) in [6, 6.07) is 6.64. The summed E-state index contributed by atoms with van der Waals surface area (Å²) in [5, 5.41) is 20.3. The third-order valence-electron chi connectivity index (χ3n) is 5.21. The molecule has 6 nitrogen and oxygen atoms in total. The van der Waals surface area contributed by atoms with E-state index in [0.717, 1.165) is 48.2 Å². The summed E-state index contributed by atoms with van der Waals surface area (Å²) in [6.07, 6.45) is 4.61. The van der Waals surface area contributed by atoms with Crippen LogP contribution in [-0.2, 0) is 9.59 Å². The van der Waals surface area contributed by atoms with Crippen molar-refractivity contribution < 1.29 is 14.8 Å². The standard InChI is InChI=1S/C19H19N2O4/c22-18-8-2-6-16-14(18)11-15-17(7-3-9-19(15)23)20(16)12-4-1-5-13(10-12)21(24)25/h1,4-5,10,24H,2-3,6-9,11H2/q-1. The van der Waals surface area contributed by atoms with Crippen molar-refractivity contribution in [3.8, 4) is 0 Å². The predicted octanol–water partition coefficient (Wildman–Crippen LogP) is 3.60. The third kappa shape index (κ3) is 2.67. The number of allylic oxidation sites excluding steroid dienone is 4. The predicted molar refractivity (Wildman–Crippen MR) is 92.9 cm³/mol. The highest BCUT2D eigenvalue weighted by molar-refractivity contribution is 6.05. The second-order valence-corrected chi connectivity index (χ2v) is 6.71. The van der Waals surface area contributed by atoms with Gasteiger partial charge in [-0.15, -0.1) is 0 Å². The van der Waals surface area contributed by atoms with E-state index in [-0.39, 0.29) is 22.5 Å². The first-order valence-corrected chi connectivity index (χ1v) is 8.63. The van der Waals surface area contributed by atoms with Crippen LogP contribution in [0.4, 0.5) is 11.4 Å². The molecule has 0 fully saturated rings. The molecule has 1 heterocycles. The van der Waals surface area contributed by atoms with E-state index >= 15 is 0 Å². The van der Waals surface area contributed by atoms with Crippen LogP contribution in [0.1, 0.15) is 44.9 Å². The number of ketones is 2. The minimum absolute atomic E-state index is 0.111. The van der Waals surface area contributed by atoms with Gasteiger partial charge in [-0.2, -0.15) is 0 Å². The van der Waals surface area contributed by atoms with E-state index in [2.05, 4.69) is 0 Å². The van der Waals surface area contributed by atoms with Gasteiger partial charge in [-0.25, -0.2) is 0 Å². The maximum atomic E-state index is 12.4. The quantitative estimate of drug-likeness (QED) is 0.829. The van der Waals surface area contributed by atoms with E-state index < -0.39 is 0 Å². The average Bonchev–Trinajstić information content (AvgIpc) is 2.61. The largest absolute Gasteiger partial charge is 0.733 e. The molecule has 0 radical (unpaired) electrons. The lowest BCUT2D eigenvalue weighted by atomic mass is 9.80. The van der Waals surface area contributed by atoms with Gasteiger partial charge < -0.3 is 15.3 Å². The molecule has 4 rings (SSSR count). The van der Waals surface area contributed by atoms with Crippen LogP contribution < -0.4 is 10.1 Å². The summed E-state index contributed by atoms with van der Waals surface area (Å²) in [4.78, 5) is 26.9. The number of hydrogen-bond donors (Lipinski definition) is 1. The summed E-state index contributed by atoms with van der Waals surface area (Å²) in [5.74, 6) is 0.222. The Bertz CT molecular complexity index is 780. The van der Waals surface area contributed by atoms with Crippen LogP contribution in [0.2, 0.25) is 0 Å². The Balaban J connectivity index is 1.88. The zero-order valence-electron chi connectivity index (χ0n) is 13.8. The normalized spacial score (nSPS) is 20.6. The molecule has 0 unspecified atom stereocenters. The maximum absolute atomic E-state index is 12.4. The lowest BCUT2D eigenvalue weighted by Gasteiger charge is -2.40. The van der Waals surface area contributed by atoms with Crippen LogP contribution in [0.15, 0.2) is 46.8 Å². The molecule has 0 spiro atoms. The zero-order valence-corrected chi connectivity index (χ0v) is 13.8. The highest BCUT2D eigenvalue weighted by Crippen LogP contribution is 2.44. The molecule has 0 saturated carbocycles. The second kappa shape index (κ2) is 6.13. The minimum atomic E-state index is -0.171. The number of benzene rings is 1. The summed E-state index contributed by atoms with van der Waals surface area (Å²) >= 11 is 0. The number of anilines is 2. The molecule has 0 saturated heterocycles. The Labute approximate surface area is 145 Å². The summed E-state index contributed by atoms with van der Waals surface area (Å²) in [5.41, 5.74) is 4.17. The Morgan fingerprint density at radius 1 is 0.960 bits per heavy atom. The first kappa shape index (κ1) is 16.1. The van der Waals surface area contributed by atoms with Gasteiger partial charge in [-0.05, 0) is 43.9 Å². The number of carbonyl (C=O) groups excluding carboxylic acids is 2. The molecular formula is C19H19N2O4-. The zero-order chi connectivity index (χ0) is 17.6. The molecule has 2 aliphatic carbocycles. The molecule has 6 heteroatoms. The topological polar surface area (TPSA) is 83.9 Å². The Kier molecular flexibility index (Phi) is 3.94. The molecule has 0 bridgehead atoms. The molecule has 1 N–H and O–H groups in total. The summed E-state index contributed by atoms with van der Waals surface area (Å²) < 4.78 is 0. The van der Waals surface area contributed by atoms with Gasteiger partial charge in [-0.3, -0.25) is 14.8 Å². The Hall–Kier alpha value is -2.44. The summed E-state index contributed by atoms with van der Waals surface area (Å²) in [7, 11) is 0. The van der Waals surface area contributed by atoms with Crippen LogP contribution in [0.3, 0.4) is 0 Å². The van der Waals surface area contributed by atoms with E-state index in [1.54, 1.807) is 12.1 Å². The van der Waals surface area contributed by atoms with Gasteiger partial charge in [0.15, 0.2) is 11.6 Å². The van der Waals surface area contributed by atoms with Gasteiger partial charge in [0.05, 0.1) is 5.69 Å². The lowest BCUT2D eigenvalue weighted by molar-refractivity contribution is -0.116. The van der Waals surface area contributed by atoms with Crippen molar-refractivity contribution >= 4 is 22.9 Å².